The standard InChI is InChI=1S/C17H15Cl2NO3/c1-11-2-4-12(5-3-11)8-17(22)23-10-16(21)20-13-6-7-14(18)15(19)9-13/h2-7,9H,8,10H2,1H3,(H,20,21). The first kappa shape index (κ1) is 17.3. The smallest absolute Gasteiger partial charge is 0.310 e. The second-order valence-corrected chi connectivity index (χ2v) is 5.81. The molecule has 0 aliphatic carbocycles. The summed E-state index contributed by atoms with van der Waals surface area (Å²) in [5.41, 5.74) is 2.44. The molecule has 0 saturated carbocycles. The summed E-state index contributed by atoms with van der Waals surface area (Å²) in [6.45, 7) is 1.61. The van der Waals surface area contributed by atoms with Crippen molar-refractivity contribution in [1.82, 2.24) is 0 Å². The van der Waals surface area contributed by atoms with Crippen LogP contribution in [0.4, 0.5) is 5.69 Å². The van der Waals surface area contributed by atoms with Crippen LogP contribution in [0.15, 0.2) is 42.5 Å². The number of esters is 1. The molecule has 1 N–H and O–H groups in total. The van der Waals surface area contributed by atoms with E-state index in [2.05, 4.69) is 5.32 Å². The van der Waals surface area contributed by atoms with Gasteiger partial charge in [0.2, 0.25) is 0 Å². The highest BCUT2D eigenvalue weighted by Crippen LogP contribution is 2.24. The molecule has 0 heterocycles. The lowest BCUT2D eigenvalue weighted by atomic mass is 10.1. The maximum Gasteiger partial charge on any atom is 0.310 e. The highest BCUT2D eigenvalue weighted by molar-refractivity contribution is 6.42. The van der Waals surface area contributed by atoms with E-state index >= 15 is 0 Å². The number of hydrogen-bond donors (Lipinski definition) is 1. The van der Waals surface area contributed by atoms with Gasteiger partial charge in [0.05, 0.1) is 16.5 Å². The van der Waals surface area contributed by atoms with Gasteiger partial charge in [-0.15, -0.1) is 0 Å². The molecule has 23 heavy (non-hydrogen) atoms. The minimum atomic E-state index is -0.460. The first-order valence-electron chi connectivity index (χ1n) is 6.90. The summed E-state index contributed by atoms with van der Waals surface area (Å²) >= 11 is 11.7. The average molecular weight is 352 g/mol. The molecule has 120 valence electrons. The van der Waals surface area contributed by atoms with E-state index in [4.69, 9.17) is 27.9 Å². The first-order valence-corrected chi connectivity index (χ1v) is 7.66. The fraction of sp³-hybridized carbons (Fsp3) is 0.176. The van der Waals surface area contributed by atoms with Crippen LogP contribution in [-0.4, -0.2) is 18.5 Å². The Hall–Kier alpha value is -2.04. The van der Waals surface area contributed by atoms with Gasteiger partial charge in [0.1, 0.15) is 0 Å². The number of carbonyl (C=O) groups is 2. The number of nitrogens with one attached hydrogen (secondary N) is 1. The Bertz CT molecular complexity index is 714. The Morgan fingerprint density at radius 3 is 2.39 bits per heavy atom. The minimum absolute atomic E-state index is 0.125. The van der Waals surface area contributed by atoms with Crippen LogP contribution in [0.25, 0.3) is 0 Å². The summed E-state index contributed by atoms with van der Waals surface area (Å²) in [6, 6.07) is 12.2. The molecular formula is C17H15Cl2NO3. The number of benzene rings is 2. The molecule has 0 aliphatic rings. The Kier molecular flexibility index (Phi) is 6.02. The van der Waals surface area contributed by atoms with Crippen molar-refractivity contribution in [2.45, 2.75) is 13.3 Å². The van der Waals surface area contributed by atoms with E-state index in [-0.39, 0.29) is 13.0 Å². The molecule has 0 saturated heterocycles. The second-order valence-electron chi connectivity index (χ2n) is 5.00. The van der Waals surface area contributed by atoms with Crippen LogP contribution < -0.4 is 5.32 Å². The minimum Gasteiger partial charge on any atom is -0.455 e. The number of halogens is 2. The Labute approximate surface area is 144 Å². The molecule has 0 spiro atoms. The van der Waals surface area contributed by atoms with E-state index in [0.717, 1.165) is 11.1 Å². The van der Waals surface area contributed by atoms with E-state index in [1.165, 1.54) is 6.07 Å². The maximum atomic E-state index is 11.7. The second kappa shape index (κ2) is 7.99. The predicted octanol–water partition coefficient (Wildman–Crippen LogP) is 4.03. The number of carbonyl (C=O) groups excluding carboxylic acids is 2. The molecule has 1 amide bonds. The summed E-state index contributed by atoms with van der Waals surface area (Å²) in [4.78, 5) is 23.5. The van der Waals surface area contributed by atoms with E-state index in [0.29, 0.717) is 15.7 Å². The zero-order valence-electron chi connectivity index (χ0n) is 12.4. The third kappa shape index (κ3) is 5.58. The SMILES string of the molecule is Cc1ccc(CC(=O)OCC(=O)Nc2ccc(Cl)c(Cl)c2)cc1. The molecular weight excluding hydrogens is 337 g/mol. The number of amides is 1. The normalized spacial score (nSPS) is 10.2. The van der Waals surface area contributed by atoms with Gasteiger partial charge < -0.3 is 10.1 Å². The van der Waals surface area contributed by atoms with Crippen LogP contribution in [0.2, 0.25) is 10.0 Å². The average Bonchev–Trinajstić information content (AvgIpc) is 2.51. The highest BCUT2D eigenvalue weighted by atomic mass is 35.5. The van der Waals surface area contributed by atoms with Gasteiger partial charge in [0.15, 0.2) is 6.61 Å². The van der Waals surface area contributed by atoms with Crippen molar-refractivity contribution >= 4 is 40.8 Å². The van der Waals surface area contributed by atoms with E-state index in [1.54, 1.807) is 12.1 Å². The lowest BCUT2D eigenvalue weighted by Crippen LogP contribution is -2.21. The fourth-order valence-electron chi connectivity index (χ4n) is 1.84. The molecule has 0 bridgehead atoms. The lowest BCUT2D eigenvalue weighted by Gasteiger charge is -2.07. The van der Waals surface area contributed by atoms with Gasteiger partial charge in [-0.25, -0.2) is 0 Å². The number of anilines is 1. The van der Waals surface area contributed by atoms with Crippen molar-refractivity contribution in [2.24, 2.45) is 0 Å². The van der Waals surface area contributed by atoms with Gasteiger partial charge in [0, 0.05) is 5.69 Å². The summed E-state index contributed by atoms with van der Waals surface area (Å²) in [5.74, 6) is -0.904. The highest BCUT2D eigenvalue weighted by Gasteiger charge is 2.09. The summed E-state index contributed by atoms with van der Waals surface area (Å²) in [7, 11) is 0. The Morgan fingerprint density at radius 2 is 1.74 bits per heavy atom. The van der Waals surface area contributed by atoms with E-state index in [9.17, 15) is 9.59 Å². The molecule has 0 atom stereocenters. The van der Waals surface area contributed by atoms with Crippen LogP contribution in [0.3, 0.4) is 0 Å². The van der Waals surface area contributed by atoms with Gasteiger partial charge >= 0.3 is 5.97 Å². The molecule has 6 heteroatoms. The van der Waals surface area contributed by atoms with Crippen LogP contribution in [-0.2, 0) is 20.7 Å². The topological polar surface area (TPSA) is 55.4 Å². The zero-order valence-corrected chi connectivity index (χ0v) is 13.9. The fourth-order valence-corrected chi connectivity index (χ4v) is 2.14. The number of hydrogen-bond acceptors (Lipinski definition) is 3. The van der Waals surface area contributed by atoms with Crippen molar-refractivity contribution in [3.63, 3.8) is 0 Å². The summed E-state index contributed by atoms with van der Waals surface area (Å²) < 4.78 is 4.95. The molecule has 2 aromatic rings. The summed E-state index contributed by atoms with van der Waals surface area (Å²) in [6.07, 6.45) is 0.125. The molecule has 0 unspecified atom stereocenters. The monoisotopic (exact) mass is 351 g/mol. The van der Waals surface area contributed by atoms with Crippen molar-refractivity contribution < 1.29 is 14.3 Å². The predicted molar refractivity (Wildman–Crippen MR) is 90.9 cm³/mol. The maximum absolute atomic E-state index is 11.7. The van der Waals surface area contributed by atoms with Crippen molar-refractivity contribution in [3.8, 4) is 0 Å². The van der Waals surface area contributed by atoms with Crippen LogP contribution in [0.1, 0.15) is 11.1 Å². The van der Waals surface area contributed by atoms with Gasteiger partial charge in [-0.3, -0.25) is 9.59 Å². The van der Waals surface area contributed by atoms with Crippen molar-refractivity contribution in [3.05, 3.63) is 63.6 Å². The Balaban J connectivity index is 1.80. The van der Waals surface area contributed by atoms with Crippen LogP contribution >= 0.6 is 23.2 Å². The van der Waals surface area contributed by atoms with Gasteiger partial charge in [-0.05, 0) is 30.7 Å². The molecule has 0 fully saturated rings. The largest absolute Gasteiger partial charge is 0.455 e. The Morgan fingerprint density at radius 1 is 1.04 bits per heavy atom. The summed E-state index contributed by atoms with van der Waals surface area (Å²) in [5, 5.41) is 3.31. The third-order valence-corrected chi connectivity index (χ3v) is 3.78. The van der Waals surface area contributed by atoms with Crippen molar-refractivity contribution in [2.75, 3.05) is 11.9 Å². The quantitative estimate of drug-likeness (QED) is 0.827. The lowest BCUT2D eigenvalue weighted by molar-refractivity contribution is -0.146. The first-order chi connectivity index (χ1) is 10.9. The van der Waals surface area contributed by atoms with Gasteiger partial charge in [-0.1, -0.05) is 53.0 Å². The number of ether oxygens (including phenoxy) is 1. The third-order valence-electron chi connectivity index (χ3n) is 3.04. The number of rotatable bonds is 5. The van der Waals surface area contributed by atoms with Crippen molar-refractivity contribution in [1.29, 1.82) is 0 Å². The van der Waals surface area contributed by atoms with E-state index in [1.807, 2.05) is 31.2 Å². The molecule has 0 radical (unpaired) electrons. The molecule has 0 aromatic heterocycles. The molecule has 0 aliphatic heterocycles. The van der Waals surface area contributed by atoms with Crippen LogP contribution in [0.5, 0.6) is 0 Å². The van der Waals surface area contributed by atoms with Crippen LogP contribution in [0, 0.1) is 6.92 Å². The van der Waals surface area contributed by atoms with Gasteiger partial charge in [0.25, 0.3) is 5.91 Å². The van der Waals surface area contributed by atoms with Gasteiger partial charge in [-0.2, -0.15) is 0 Å². The molecule has 2 rings (SSSR count). The molecule has 2 aromatic carbocycles. The molecule has 4 nitrogen and oxygen atoms in total. The number of aryl methyl sites for hydroxylation is 1. The zero-order chi connectivity index (χ0) is 16.8. The van der Waals surface area contributed by atoms with E-state index < -0.39 is 11.9 Å².